The zero-order valence-electron chi connectivity index (χ0n) is 12.7. The monoisotopic (exact) mass is 253 g/mol. The van der Waals surface area contributed by atoms with E-state index in [-0.39, 0.29) is 0 Å². The summed E-state index contributed by atoms with van der Waals surface area (Å²) in [5.41, 5.74) is 0. The number of piperidine rings is 1. The van der Waals surface area contributed by atoms with Gasteiger partial charge in [-0.1, -0.05) is 20.8 Å². The van der Waals surface area contributed by atoms with Crippen LogP contribution in [0.1, 0.15) is 33.6 Å². The van der Waals surface area contributed by atoms with E-state index < -0.39 is 0 Å². The van der Waals surface area contributed by atoms with Crippen molar-refractivity contribution in [2.75, 3.05) is 39.8 Å². The fourth-order valence-corrected chi connectivity index (χ4v) is 3.76. The molecule has 2 aliphatic rings. The third kappa shape index (κ3) is 3.69. The third-order valence-corrected chi connectivity index (χ3v) is 4.57. The van der Waals surface area contributed by atoms with Crippen LogP contribution in [-0.4, -0.2) is 61.7 Å². The van der Waals surface area contributed by atoms with Gasteiger partial charge >= 0.3 is 0 Å². The molecule has 2 rings (SSSR count). The van der Waals surface area contributed by atoms with Crippen LogP contribution < -0.4 is 5.32 Å². The lowest BCUT2D eigenvalue weighted by atomic mass is 9.91. The molecule has 0 amide bonds. The molecule has 3 heteroatoms. The highest BCUT2D eigenvalue weighted by Gasteiger charge is 2.32. The minimum absolute atomic E-state index is 0.714. The molecule has 2 fully saturated rings. The molecule has 1 N–H and O–H groups in total. The lowest BCUT2D eigenvalue weighted by Crippen LogP contribution is -2.58. The van der Waals surface area contributed by atoms with E-state index >= 15 is 0 Å². The highest BCUT2D eigenvalue weighted by molar-refractivity contribution is 4.89. The average Bonchev–Trinajstić information content (AvgIpc) is 2.28. The predicted molar refractivity (Wildman–Crippen MR) is 77.9 cm³/mol. The van der Waals surface area contributed by atoms with Crippen LogP contribution in [0.15, 0.2) is 0 Å². The summed E-state index contributed by atoms with van der Waals surface area (Å²) >= 11 is 0. The van der Waals surface area contributed by atoms with Crippen molar-refractivity contribution in [3.8, 4) is 0 Å². The summed E-state index contributed by atoms with van der Waals surface area (Å²) in [7, 11) is 2.26. The fourth-order valence-electron chi connectivity index (χ4n) is 3.76. The third-order valence-electron chi connectivity index (χ3n) is 4.57. The van der Waals surface area contributed by atoms with Crippen LogP contribution in [0.3, 0.4) is 0 Å². The van der Waals surface area contributed by atoms with Crippen molar-refractivity contribution in [3.05, 3.63) is 0 Å². The fraction of sp³-hybridized carbons (Fsp3) is 1.00. The van der Waals surface area contributed by atoms with Gasteiger partial charge in [-0.3, -0.25) is 4.90 Å². The maximum Gasteiger partial charge on any atom is 0.0198 e. The van der Waals surface area contributed by atoms with Gasteiger partial charge in [-0.15, -0.1) is 0 Å². The van der Waals surface area contributed by atoms with Crippen molar-refractivity contribution in [2.45, 2.75) is 45.7 Å². The Kier molecular flexibility index (Phi) is 5.05. The van der Waals surface area contributed by atoms with Crippen LogP contribution in [0.25, 0.3) is 0 Å². The second-order valence-corrected chi connectivity index (χ2v) is 6.87. The number of nitrogens with zero attached hydrogens (tertiary/aromatic N) is 2. The molecule has 0 aromatic heterocycles. The van der Waals surface area contributed by atoms with E-state index in [1.165, 1.54) is 45.6 Å². The maximum atomic E-state index is 3.69. The molecule has 3 unspecified atom stereocenters. The van der Waals surface area contributed by atoms with Crippen molar-refractivity contribution >= 4 is 0 Å². The van der Waals surface area contributed by atoms with Gasteiger partial charge in [0, 0.05) is 38.3 Å². The summed E-state index contributed by atoms with van der Waals surface area (Å²) in [5, 5.41) is 3.69. The Labute approximate surface area is 113 Å². The Bertz CT molecular complexity index is 254. The lowest BCUT2D eigenvalue weighted by Gasteiger charge is -2.45. The summed E-state index contributed by atoms with van der Waals surface area (Å²) < 4.78 is 0. The van der Waals surface area contributed by atoms with Gasteiger partial charge in [0.2, 0.25) is 0 Å². The zero-order valence-corrected chi connectivity index (χ0v) is 12.7. The molecule has 2 aliphatic heterocycles. The largest absolute Gasteiger partial charge is 0.311 e. The Morgan fingerprint density at radius 1 is 1.22 bits per heavy atom. The van der Waals surface area contributed by atoms with E-state index in [1.807, 2.05) is 0 Å². The number of piperazine rings is 1. The quantitative estimate of drug-likeness (QED) is 0.825. The molecule has 2 heterocycles. The summed E-state index contributed by atoms with van der Waals surface area (Å²) in [6, 6.07) is 1.53. The highest BCUT2D eigenvalue weighted by atomic mass is 15.2. The first kappa shape index (κ1) is 14.3. The van der Waals surface area contributed by atoms with Crippen molar-refractivity contribution in [3.63, 3.8) is 0 Å². The SMILES string of the molecule is CC(C)CC1CN(C2CCN(C)CC2C)CCN1. The molecule has 3 nitrogen and oxygen atoms in total. The standard InChI is InChI=1S/C15H31N3/c1-12(2)9-14-11-18(8-6-16-14)15-5-7-17(4)10-13(15)3/h12-16H,5-11H2,1-4H3. The number of nitrogens with one attached hydrogen (secondary N) is 1. The van der Waals surface area contributed by atoms with Gasteiger partial charge in [0.1, 0.15) is 0 Å². The number of rotatable bonds is 3. The first-order chi connectivity index (χ1) is 8.56. The van der Waals surface area contributed by atoms with E-state index in [2.05, 4.69) is 42.9 Å². The molecule has 0 saturated carbocycles. The van der Waals surface area contributed by atoms with Crippen molar-refractivity contribution in [2.24, 2.45) is 11.8 Å². The van der Waals surface area contributed by atoms with Crippen LogP contribution in [0, 0.1) is 11.8 Å². The predicted octanol–water partition coefficient (Wildman–Crippen LogP) is 1.65. The number of hydrogen-bond donors (Lipinski definition) is 1. The molecular formula is C15H31N3. The van der Waals surface area contributed by atoms with Crippen LogP contribution in [-0.2, 0) is 0 Å². The van der Waals surface area contributed by atoms with Gasteiger partial charge in [0.15, 0.2) is 0 Å². The van der Waals surface area contributed by atoms with Crippen molar-refractivity contribution in [1.29, 1.82) is 0 Å². The van der Waals surface area contributed by atoms with Crippen molar-refractivity contribution in [1.82, 2.24) is 15.1 Å². The summed E-state index contributed by atoms with van der Waals surface area (Å²) in [6.45, 7) is 13.3. The van der Waals surface area contributed by atoms with E-state index in [1.54, 1.807) is 0 Å². The van der Waals surface area contributed by atoms with Gasteiger partial charge in [0.05, 0.1) is 0 Å². The van der Waals surface area contributed by atoms with Crippen LogP contribution >= 0.6 is 0 Å². The number of hydrogen-bond acceptors (Lipinski definition) is 3. The summed E-state index contributed by atoms with van der Waals surface area (Å²) in [5.74, 6) is 1.62. The van der Waals surface area contributed by atoms with Gasteiger partial charge in [-0.05, 0) is 38.3 Å². The molecular weight excluding hydrogens is 222 g/mol. The van der Waals surface area contributed by atoms with Gasteiger partial charge < -0.3 is 10.2 Å². The van der Waals surface area contributed by atoms with Crippen LogP contribution in [0.2, 0.25) is 0 Å². The Morgan fingerprint density at radius 3 is 2.67 bits per heavy atom. The van der Waals surface area contributed by atoms with Crippen LogP contribution in [0.5, 0.6) is 0 Å². The number of likely N-dealkylation sites (tertiary alicyclic amines) is 1. The van der Waals surface area contributed by atoms with Crippen molar-refractivity contribution < 1.29 is 0 Å². The molecule has 0 bridgehead atoms. The van der Waals surface area contributed by atoms with Gasteiger partial charge in [-0.2, -0.15) is 0 Å². The van der Waals surface area contributed by atoms with E-state index in [4.69, 9.17) is 0 Å². The molecule has 0 spiro atoms. The van der Waals surface area contributed by atoms with E-state index in [0.717, 1.165) is 17.9 Å². The van der Waals surface area contributed by atoms with Crippen LogP contribution in [0.4, 0.5) is 0 Å². The maximum absolute atomic E-state index is 3.69. The van der Waals surface area contributed by atoms with E-state index in [0.29, 0.717) is 6.04 Å². The Balaban J connectivity index is 1.88. The molecule has 3 atom stereocenters. The minimum Gasteiger partial charge on any atom is -0.311 e. The second-order valence-electron chi connectivity index (χ2n) is 6.87. The molecule has 2 saturated heterocycles. The zero-order chi connectivity index (χ0) is 13.1. The Hall–Kier alpha value is -0.120. The molecule has 0 radical (unpaired) electrons. The van der Waals surface area contributed by atoms with Gasteiger partial charge in [0.25, 0.3) is 0 Å². The minimum atomic E-state index is 0.714. The molecule has 0 aromatic carbocycles. The molecule has 0 aliphatic carbocycles. The summed E-state index contributed by atoms with van der Waals surface area (Å²) in [4.78, 5) is 5.25. The highest BCUT2D eigenvalue weighted by Crippen LogP contribution is 2.23. The molecule has 18 heavy (non-hydrogen) atoms. The Morgan fingerprint density at radius 2 is 2.00 bits per heavy atom. The first-order valence-electron chi connectivity index (χ1n) is 7.72. The average molecular weight is 253 g/mol. The topological polar surface area (TPSA) is 18.5 Å². The molecule has 0 aromatic rings. The smallest absolute Gasteiger partial charge is 0.0198 e. The normalized spacial score (nSPS) is 36.2. The van der Waals surface area contributed by atoms with Gasteiger partial charge in [-0.25, -0.2) is 0 Å². The molecule has 106 valence electrons. The second kappa shape index (κ2) is 6.36. The first-order valence-corrected chi connectivity index (χ1v) is 7.72. The lowest BCUT2D eigenvalue weighted by molar-refractivity contribution is 0.0513. The summed E-state index contributed by atoms with van der Waals surface area (Å²) in [6.07, 6.45) is 2.67. The van der Waals surface area contributed by atoms with E-state index in [9.17, 15) is 0 Å².